The topological polar surface area (TPSA) is 119 Å². The van der Waals surface area contributed by atoms with Crippen LogP contribution in [0.25, 0.3) is 0 Å². The van der Waals surface area contributed by atoms with Crippen LogP contribution >= 0.6 is 0 Å². The fourth-order valence-corrected chi connectivity index (χ4v) is 4.37. The Kier molecular flexibility index (Phi) is 7.57. The van der Waals surface area contributed by atoms with Crippen molar-refractivity contribution in [2.45, 2.75) is 20.4 Å². The lowest BCUT2D eigenvalue weighted by atomic mass is 10.1. The van der Waals surface area contributed by atoms with Crippen LogP contribution in [0.3, 0.4) is 0 Å². The first-order chi connectivity index (χ1) is 16.1. The van der Waals surface area contributed by atoms with E-state index in [1.165, 1.54) is 4.31 Å². The van der Waals surface area contributed by atoms with Gasteiger partial charge in [0.2, 0.25) is 15.9 Å². The van der Waals surface area contributed by atoms with Crippen molar-refractivity contribution in [2.24, 2.45) is 5.73 Å². The van der Waals surface area contributed by atoms with Gasteiger partial charge in [0.05, 0.1) is 25.1 Å². The maximum absolute atomic E-state index is 12.7. The zero-order valence-electron chi connectivity index (χ0n) is 19.2. The lowest BCUT2D eigenvalue weighted by molar-refractivity contribution is 0.0995. The number of para-hydroxylation sites is 2. The average Bonchev–Trinajstić information content (AvgIpc) is 2.79. The summed E-state index contributed by atoms with van der Waals surface area (Å²) in [5, 5.41) is 2.78. The Morgan fingerprint density at radius 3 is 2.29 bits per heavy atom. The van der Waals surface area contributed by atoms with Gasteiger partial charge in [0.1, 0.15) is 5.75 Å². The predicted octanol–water partition coefficient (Wildman–Crippen LogP) is 3.71. The Hall–Kier alpha value is -3.85. The third-order valence-corrected chi connectivity index (χ3v) is 6.35. The summed E-state index contributed by atoms with van der Waals surface area (Å²) in [4.78, 5) is 24.3. The molecule has 178 valence electrons. The Bertz CT molecular complexity index is 1300. The molecule has 0 radical (unpaired) electrons. The van der Waals surface area contributed by atoms with Crippen LogP contribution in [0.1, 0.15) is 38.8 Å². The summed E-state index contributed by atoms with van der Waals surface area (Å²) in [5.41, 5.74) is 8.30. The molecule has 2 amide bonds. The fourth-order valence-electron chi connectivity index (χ4n) is 3.48. The molecule has 0 heterocycles. The first-order valence-corrected chi connectivity index (χ1v) is 12.5. The normalized spacial score (nSPS) is 11.0. The highest BCUT2D eigenvalue weighted by Gasteiger charge is 2.21. The molecule has 0 spiro atoms. The Morgan fingerprint density at radius 2 is 1.68 bits per heavy atom. The molecule has 0 aliphatic carbocycles. The molecule has 9 heteroatoms. The van der Waals surface area contributed by atoms with Gasteiger partial charge in [-0.3, -0.25) is 13.9 Å². The number of carbonyl (C=O) groups is 2. The molecule has 34 heavy (non-hydrogen) atoms. The molecule has 0 atom stereocenters. The first-order valence-electron chi connectivity index (χ1n) is 10.6. The van der Waals surface area contributed by atoms with E-state index in [2.05, 4.69) is 5.32 Å². The molecular formula is C25H27N3O5S. The minimum Gasteiger partial charge on any atom is -0.492 e. The number of amides is 2. The van der Waals surface area contributed by atoms with Gasteiger partial charge < -0.3 is 15.8 Å². The van der Waals surface area contributed by atoms with E-state index in [1.54, 1.807) is 73.7 Å². The van der Waals surface area contributed by atoms with Crippen LogP contribution in [0, 0.1) is 6.92 Å². The summed E-state index contributed by atoms with van der Waals surface area (Å²) in [6, 6.07) is 18.5. The van der Waals surface area contributed by atoms with Crippen LogP contribution < -0.4 is 20.1 Å². The van der Waals surface area contributed by atoms with Crippen LogP contribution in [-0.4, -0.2) is 33.1 Å². The molecule has 8 nitrogen and oxygen atoms in total. The van der Waals surface area contributed by atoms with E-state index < -0.39 is 15.9 Å². The van der Waals surface area contributed by atoms with Crippen molar-refractivity contribution in [1.29, 1.82) is 0 Å². The van der Waals surface area contributed by atoms with Crippen molar-refractivity contribution in [3.05, 3.63) is 89.0 Å². The summed E-state index contributed by atoms with van der Waals surface area (Å²) in [7, 11) is -3.60. The lowest BCUT2D eigenvalue weighted by Gasteiger charge is -2.24. The van der Waals surface area contributed by atoms with Crippen molar-refractivity contribution in [3.8, 4) is 5.75 Å². The van der Waals surface area contributed by atoms with E-state index in [1.807, 2.05) is 6.92 Å². The van der Waals surface area contributed by atoms with Crippen molar-refractivity contribution >= 4 is 33.2 Å². The molecule has 3 aromatic rings. The smallest absolute Gasteiger partial charge is 0.255 e. The Morgan fingerprint density at radius 1 is 1.00 bits per heavy atom. The highest BCUT2D eigenvalue weighted by molar-refractivity contribution is 7.92. The number of primary amides is 1. The molecule has 0 aliphatic heterocycles. The largest absolute Gasteiger partial charge is 0.492 e. The van der Waals surface area contributed by atoms with Crippen LogP contribution in [0.2, 0.25) is 0 Å². The third kappa shape index (κ3) is 5.74. The lowest BCUT2D eigenvalue weighted by Crippen LogP contribution is -2.29. The maximum atomic E-state index is 12.7. The number of hydrogen-bond donors (Lipinski definition) is 2. The minimum atomic E-state index is -3.60. The SMILES string of the molecule is CCOc1ccccc1N(Cc1ccc(C(=O)Nc2cccc(C(N)=O)c2C)cc1)S(C)(=O)=O. The van der Waals surface area contributed by atoms with E-state index in [0.29, 0.717) is 46.0 Å². The summed E-state index contributed by atoms with van der Waals surface area (Å²) in [6.07, 6.45) is 1.14. The fraction of sp³-hybridized carbons (Fsp3) is 0.200. The van der Waals surface area contributed by atoms with Gasteiger partial charge in [-0.1, -0.05) is 30.3 Å². The zero-order valence-corrected chi connectivity index (χ0v) is 20.1. The predicted molar refractivity (Wildman–Crippen MR) is 133 cm³/mol. The molecule has 0 fully saturated rings. The quantitative estimate of drug-likeness (QED) is 0.483. The second kappa shape index (κ2) is 10.4. The van der Waals surface area contributed by atoms with Gasteiger partial charge in [0.15, 0.2) is 0 Å². The van der Waals surface area contributed by atoms with Crippen molar-refractivity contribution in [1.82, 2.24) is 0 Å². The molecule has 0 aromatic heterocycles. The van der Waals surface area contributed by atoms with E-state index in [9.17, 15) is 18.0 Å². The minimum absolute atomic E-state index is 0.0740. The zero-order chi connectivity index (χ0) is 24.9. The van der Waals surface area contributed by atoms with Crippen molar-refractivity contribution in [2.75, 3.05) is 22.5 Å². The Labute approximate surface area is 199 Å². The van der Waals surface area contributed by atoms with Gasteiger partial charge in [-0.25, -0.2) is 8.42 Å². The van der Waals surface area contributed by atoms with Crippen LogP contribution in [-0.2, 0) is 16.6 Å². The number of nitrogens with zero attached hydrogens (tertiary/aromatic N) is 1. The first kappa shape index (κ1) is 24.8. The third-order valence-electron chi connectivity index (χ3n) is 5.22. The van der Waals surface area contributed by atoms with Crippen LogP contribution in [0.4, 0.5) is 11.4 Å². The number of carbonyl (C=O) groups excluding carboxylic acids is 2. The molecule has 0 unspecified atom stereocenters. The molecular weight excluding hydrogens is 454 g/mol. The molecule has 3 N–H and O–H groups in total. The molecule has 3 aromatic carbocycles. The van der Waals surface area contributed by atoms with Crippen molar-refractivity contribution in [3.63, 3.8) is 0 Å². The molecule has 0 bridgehead atoms. The number of benzene rings is 3. The second-order valence-electron chi connectivity index (χ2n) is 7.66. The highest BCUT2D eigenvalue weighted by atomic mass is 32.2. The maximum Gasteiger partial charge on any atom is 0.255 e. The number of sulfonamides is 1. The number of nitrogens with one attached hydrogen (secondary N) is 1. The number of hydrogen-bond acceptors (Lipinski definition) is 5. The summed E-state index contributed by atoms with van der Waals surface area (Å²) in [5.74, 6) is -0.461. The van der Waals surface area contributed by atoms with Gasteiger partial charge in [0, 0.05) is 16.8 Å². The number of ether oxygens (including phenoxy) is 1. The molecule has 0 saturated carbocycles. The summed E-state index contributed by atoms with van der Waals surface area (Å²) >= 11 is 0. The number of nitrogens with two attached hydrogens (primary N) is 1. The Balaban J connectivity index is 1.81. The highest BCUT2D eigenvalue weighted by Crippen LogP contribution is 2.31. The van der Waals surface area contributed by atoms with Gasteiger partial charge in [-0.05, 0) is 61.4 Å². The standard InChI is InChI=1S/C25H27N3O5S/c1-4-33-23-11-6-5-10-22(23)28(34(3,31)32)16-18-12-14-19(15-13-18)25(30)27-21-9-7-8-20(17(21)2)24(26)29/h5-15H,4,16H2,1-3H3,(H2,26,29)(H,27,30). The average molecular weight is 482 g/mol. The molecule has 0 saturated heterocycles. The van der Waals surface area contributed by atoms with Gasteiger partial charge >= 0.3 is 0 Å². The number of rotatable bonds is 9. The molecule has 3 rings (SSSR count). The molecule has 0 aliphatic rings. The van der Waals surface area contributed by atoms with E-state index in [4.69, 9.17) is 10.5 Å². The van der Waals surface area contributed by atoms with Crippen LogP contribution in [0.15, 0.2) is 66.7 Å². The van der Waals surface area contributed by atoms with E-state index in [0.717, 1.165) is 6.26 Å². The summed E-state index contributed by atoms with van der Waals surface area (Å²) < 4.78 is 32.0. The van der Waals surface area contributed by atoms with Gasteiger partial charge in [0.25, 0.3) is 5.91 Å². The van der Waals surface area contributed by atoms with Gasteiger partial charge in [-0.2, -0.15) is 0 Å². The summed E-state index contributed by atoms with van der Waals surface area (Å²) in [6.45, 7) is 4.01. The van der Waals surface area contributed by atoms with E-state index >= 15 is 0 Å². The monoisotopic (exact) mass is 481 g/mol. The second-order valence-corrected chi connectivity index (χ2v) is 9.57. The van der Waals surface area contributed by atoms with Crippen LogP contribution in [0.5, 0.6) is 5.75 Å². The number of anilines is 2. The van der Waals surface area contributed by atoms with E-state index in [-0.39, 0.29) is 12.5 Å². The van der Waals surface area contributed by atoms with Gasteiger partial charge in [-0.15, -0.1) is 0 Å². The van der Waals surface area contributed by atoms with Crippen molar-refractivity contribution < 1.29 is 22.7 Å².